The van der Waals surface area contributed by atoms with Crippen molar-refractivity contribution < 1.29 is 27.2 Å². The van der Waals surface area contributed by atoms with E-state index in [0.29, 0.717) is 50.5 Å². The summed E-state index contributed by atoms with van der Waals surface area (Å²) in [4.78, 5) is 29.1. The number of carbonyl (C=O) groups excluding carboxylic acids is 2. The molecule has 0 unspecified atom stereocenters. The molecule has 0 spiro atoms. The zero-order valence-corrected chi connectivity index (χ0v) is 16.4. The van der Waals surface area contributed by atoms with Crippen LogP contribution in [0.3, 0.4) is 0 Å². The third kappa shape index (κ3) is 3.72. The van der Waals surface area contributed by atoms with Crippen molar-refractivity contribution in [2.45, 2.75) is 10.1 Å². The van der Waals surface area contributed by atoms with Crippen LogP contribution >= 0.6 is 11.8 Å². The summed E-state index contributed by atoms with van der Waals surface area (Å²) in [6, 6.07) is 4.09. The van der Waals surface area contributed by atoms with Crippen LogP contribution in [0.1, 0.15) is 0 Å². The topological polar surface area (TPSA) is 122 Å². The number of thioether (sulfide) groups is 1. The lowest BCUT2D eigenvalue weighted by atomic mass is 10.3. The van der Waals surface area contributed by atoms with Gasteiger partial charge in [-0.1, -0.05) is 11.8 Å². The molecule has 2 fully saturated rings. The Balaban J connectivity index is 1.48. The van der Waals surface area contributed by atoms with E-state index in [4.69, 9.17) is 9.15 Å². The largest absolute Gasteiger partial charge is 0.431 e. The molecule has 0 aliphatic carbocycles. The standard InChI is InChI=1S/C16H18N4O6S2/c21-14(20-4-3-17-15(20)22)10-27-16-18-12-9-11(1-2-13(12)26-16)28(23,24)19-5-7-25-8-6-19/h1-2,9H,3-8,10H2,(H,17,22). The van der Waals surface area contributed by atoms with Crippen LogP contribution in [0.25, 0.3) is 11.1 Å². The van der Waals surface area contributed by atoms with Gasteiger partial charge in [0, 0.05) is 26.2 Å². The Morgan fingerprint density at radius 3 is 2.75 bits per heavy atom. The molecule has 0 atom stereocenters. The summed E-state index contributed by atoms with van der Waals surface area (Å²) in [5.41, 5.74) is 0.818. The number of fused-ring (bicyclic) bond motifs is 1. The lowest BCUT2D eigenvalue weighted by Gasteiger charge is -2.25. The highest BCUT2D eigenvalue weighted by Gasteiger charge is 2.28. The number of benzene rings is 1. The number of ether oxygens (including phenoxy) is 1. The highest BCUT2D eigenvalue weighted by Crippen LogP contribution is 2.27. The number of hydrogen-bond acceptors (Lipinski definition) is 8. The Bertz CT molecular complexity index is 1020. The van der Waals surface area contributed by atoms with Crippen LogP contribution in [0.2, 0.25) is 0 Å². The van der Waals surface area contributed by atoms with Crippen LogP contribution in [0.4, 0.5) is 4.79 Å². The second-order valence-electron chi connectivity index (χ2n) is 6.19. The van der Waals surface area contributed by atoms with Crippen molar-refractivity contribution in [2.24, 2.45) is 0 Å². The number of aromatic nitrogens is 1. The first-order chi connectivity index (χ1) is 13.4. The number of nitrogens with zero attached hydrogens (tertiary/aromatic N) is 3. The first-order valence-corrected chi connectivity index (χ1v) is 11.1. The van der Waals surface area contributed by atoms with E-state index in [1.165, 1.54) is 16.4 Å². The smallest absolute Gasteiger partial charge is 0.324 e. The molecule has 0 bridgehead atoms. The van der Waals surface area contributed by atoms with E-state index >= 15 is 0 Å². The number of rotatable bonds is 5. The van der Waals surface area contributed by atoms with Gasteiger partial charge in [-0.2, -0.15) is 4.31 Å². The number of oxazole rings is 1. The van der Waals surface area contributed by atoms with Crippen molar-refractivity contribution >= 4 is 44.8 Å². The molecule has 1 aromatic heterocycles. The van der Waals surface area contributed by atoms with E-state index in [9.17, 15) is 18.0 Å². The summed E-state index contributed by atoms with van der Waals surface area (Å²) < 4.78 is 37.7. The van der Waals surface area contributed by atoms with Crippen LogP contribution in [-0.4, -0.2) is 79.7 Å². The molecule has 0 saturated carbocycles. The van der Waals surface area contributed by atoms with Gasteiger partial charge in [-0.05, 0) is 18.2 Å². The fraction of sp³-hybridized carbons (Fsp3) is 0.438. The zero-order chi connectivity index (χ0) is 19.7. The molecule has 4 rings (SSSR count). The molecule has 10 nitrogen and oxygen atoms in total. The molecule has 3 amide bonds. The highest BCUT2D eigenvalue weighted by atomic mass is 32.2. The Labute approximate surface area is 165 Å². The second-order valence-corrected chi connectivity index (χ2v) is 9.06. The number of urea groups is 1. The van der Waals surface area contributed by atoms with Crippen LogP contribution < -0.4 is 5.32 Å². The van der Waals surface area contributed by atoms with Crippen LogP contribution in [0.15, 0.2) is 32.7 Å². The lowest BCUT2D eigenvalue weighted by molar-refractivity contribution is -0.124. The molecule has 2 aliphatic heterocycles. The molecule has 2 aromatic rings. The monoisotopic (exact) mass is 426 g/mol. The van der Waals surface area contributed by atoms with Gasteiger partial charge < -0.3 is 14.5 Å². The van der Waals surface area contributed by atoms with Crippen molar-refractivity contribution in [1.29, 1.82) is 0 Å². The minimum absolute atomic E-state index is 0.000818. The molecule has 2 saturated heterocycles. The first-order valence-electron chi connectivity index (χ1n) is 8.64. The SMILES string of the molecule is O=C(CSc1nc2cc(S(=O)(=O)N3CCOCC3)ccc2o1)N1CCNC1=O. The summed E-state index contributed by atoms with van der Waals surface area (Å²) in [5.74, 6) is -0.336. The van der Waals surface area contributed by atoms with Gasteiger partial charge in [0.2, 0.25) is 15.9 Å². The zero-order valence-electron chi connectivity index (χ0n) is 14.8. The Morgan fingerprint density at radius 2 is 2.04 bits per heavy atom. The third-order valence-corrected chi connectivity index (χ3v) is 7.13. The maximum Gasteiger partial charge on any atom is 0.324 e. The number of sulfonamides is 1. The number of carbonyl (C=O) groups is 2. The fourth-order valence-electron chi connectivity index (χ4n) is 2.96. The van der Waals surface area contributed by atoms with Gasteiger partial charge in [-0.25, -0.2) is 18.2 Å². The van der Waals surface area contributed by atoms with Crippen molar-refractivity contribution in [2.75, 3.05) is 45.1 Å². The summed E-state index contributed by atoms with van der Waals surface area (Å²) in [6.07, 6.45) is 0. The molecule has 1 aromatic carbocycles. The Kier molecular flexibility index (Phi) is 5.27. The van der Waals surface area contributed by atoms with Crippen molar-refractivity contribution in [3.8, 4) is 0 Å². The summed E-state index contributed by atoms with van der Waals surface area (Å²) in [6.45, 7) is 2.15. The molecule has 12 heteroatoms. The predicted octanol–water partition coefficient (Wildman–Crippen LogP) is 0.493. The Morgan fingerprint density at radius 1 is 1.25 bits per heavy atom. The van der Waals surface area contributed by atoms with Gasteiger partial charge in [0.25, 0.3) is 5.22 Å². The average Bonchev–Trinajstić information content (AvgIpc) is 3.31. The number of imide groups is 1. The van der Waals surface area contributed by atoms with E-state index < -0.39 is 16.1 Å². The van der Waals surface area contributed by atoms with Gasteiger partial charge in [0.1, 0.15) is 5.52 Å². The number of nitrogens with one attached hydrogen (secondary N) is 1. The van der Waals surface area contributed by atoms with Gasteiger partial charge in [0.05, 0.1) is 23.9 Å². The van der Waals surface area contributed by atoms with Gasteiger partial charge in [-0.3, -0.25) is 9.69 Å². The van der Waals surface area contributed by atoms with Crippen molar-refractivity contribution in [1.82, 2.24) is 19.5 Å². The molecule has 0 radical (unpaired) electrons. The van der Waals surface area contributed by atoms with Crippen molar-refractivity contribution in [3.63, 3.8) is 0 Å². The van der Waals surface area contributed by atoms with Crippen molar-refractivity contribution in [3.05, 3.63) is 18.2 Å². The van der Waals surface area contributed by atoms with Gasteiger partial charge in [-0.15, -0.1) is 0 Å². The lowest BCUT2D eigenvalue weighted by Crippen LogP contribution is -2.40. The summed E-state index contributed by atoms with van der Waals surface area (Å²) in [7, 11) is -3.63. The molecular weight excluding hydrogens is 408 g/mol. The normalized spacial score (nSPS) is 18.6. The van der Waals surface area contributed by atoms with Gasteiger partial charge in [0.15, 0.2) is 5.58 Å². The van der Waals surface area contributed by atoms with Crippen LogP contribution in [0.5, 0.6) is 0 Å². The quantitative estimate of drug-likeness (QED) is 0.686. The van der Waals surface area contributed by atoms with Crippen LogP contribution in [-0.2, 0) is 19.6 Å². The molecule has 2 aliphatic rings. The van der Waals surface area contributed by atoms with Gasteiger partial charge >= 0.3 is 6.03 Å². The second kappa shape index (κ2) is 7.70. The molecule has 3 heterocycles. The number of hydrogen-bond donors (Lipinski definition) is 1. The number of amides is 3. The van der Waals surface area contributed by atoms with E-state index in [2.05, 4.69) is 10.3 Å². The van der Waals surface area contributed by atoms with E-state index in [1.807, 2.05) is 0 Å². The van der Waals surface area contributed by atoms with E-state index in [1.54, 1.807) is 6.07 Å². The molecule has 150 valence electrons. The predicted molar refractivity (Wildman–Crippen MR) is 99.4 cm³/mol. The Hall–Kier alpha value is -2.15. The van der Waals surface area contributed by atoms with E-state index in [0.717, 1.165) is 16.7 Å². The minimum atomic E-state index is -3.63. The third-order valence-electron chi connectivity index (χ3n) is 4.42. The fourth-order valence-corrected chi connectivity index (χ4v) is 5.10. The summed E-state index contributed by atoms with van der Waals surface area (Å²) >= 11 is 1.06. The minimum Gasteiger partial charge on any atom is -0.431 e. The summed E-state index contributed by atoms with van der Waals surface area (Å²) in [5, 5.41) is 2.81. The molecule has 28 heavy (non-hydrogen) atoms. The molecular formula is C16H18N4O6S2. The molecule has 1 N–H and O–H groups in total. The average molecular weight is 426 g/mol. The maximum atomic E-state index is 12.7. The maximum absolute atomic E-state index is 12.7. The van der Waals surface area contributed by atoms with E-state index in [-0.39, 0.29) is 21.8 Å². The number of morpholine rings is 1. The highest BCUT2D eigenvalue weighted by molar-refractivity contribution is 7.99. The van der Waals surface area contributed by atoms with Crippen LogP contribution in [0, 0.1) is 0 Å². The first kappa shape index (κ1) is 19.2.